The lowest BCUT2D eigenvalue weighted by Crippen LogP contribution is -2.39. The van der Waals surface area contributed by atoms with Crippen LogP contribution in [-0.4, -0.2) is 48.4 Å². The highest BCUT2D eigenvalue weighted by atomic mass is 16.2. The van der Waals surface area contributed by atoms with Crippen molar-refractivity contribution in [2.45, 2.75) is 129 Å². The van der Waals surface area contributed by atoms with E-state index in [1.807, 2.05) is 65.6 Å². The van der Waals surface area contributed by atoms with E-state index in [1.54, 1.807) is 25.0 Å². The van der Waals surface area contributed by atoms with Crippen LogP contribution in [0.3, 0.4) is 0 Å². The third-order valence-corrected chi connectivity index (χ3v) is 10.6. The molecule has 0 bridgehead atoms. The average molecular weight is 726 g/mol. The Labute approximate surface area is 316 Å². The van der Waals surface area contributed by atoms with Crippen LogP contribution < -0.4 is 11.2 Å². The molecule has 288 valence electrons. The molecular weight excluding hydrogens is 663 g/mol. The van der Waals surface area contributed by atoms with Crippen LogP contribution in [0.5, 0.6) is 0 Å². The number of carbonyl (C=O) groups is 2. The van der Waals surface area contributed by atoms with Gasteiger partial charge in [-0.15, -0.1) is 0 Å². The summed E-state index contributed by atoms with van der Waals surface area (Å²) in [5.41, 5.74) is 1.63. The second kappa shape index (κ2) is 22.7. The van der Waals surface area contributed by atoms with Gasteiger partial charge in [-0.2, -0.15) is 0 Å². The van der Waals surface area contributed by atoms with Crippen LogP contribution in [0.15, 0.2) is 76.6 Å². The third-order valence-electron chi connectivity index (χ3n) is 10.6. The highest BCUT2D eigenvalue weighted by Crippen LogP contribution is 2.21. The summed E-state index contributed by atoms with van der Waals surface area (Å²) in [6.45, 7) is 3.75. The van der Waals surface area contributed by atoms with Crippen LogP contribution in [0.1, 0.15) is 143 Å². The molecule has 0 aliphatic carbocycles. The minimum Gasteiger partial charge on any atom is -0.338 e. The Morgan fingerprint density at radius 3 is 1.81 bits per heavy atom. The van der Waals surface area contributed by atoms with Crippen molar-refractivity contribution in [3.05, 3.63) is 99.0 Å². The quantitative estimate of drug-likeness (QED) is 0.0475. The fraction of sp³-hybridized carbons (Fsp3) is 0.568. The molecule has 4 aromatic rings. The molecule has 0 fully saturated rings. The molecule has 9 heteroatoms. The minimum atomic E-state index is -0.326. The summed E-state index contributed by atoms with van der Waals surface area (Å²) in [6, 6.07) is 19.0. The van der Waals surface area contributed by atoms with Crippen LogP contribution in [-0.2, 0) is 20.6 Å². The standard InChI is InChI=1S/C44H63N5O4/c1-4-5-6-7-8-9-10-13-16-25-32-48(42(51)37-29-23-19-24-30-37)34-38(40(50)36-27-21-18-22-28-36)31-20-15-12-11-14-17-26-33-49-43(52)39-41(45-35-46(39)2)47(3)44(49)53/h18-19,21-24,27-30,35,38H,4-17,20,25-26,31-34H2,1-3H3. The van der Waals surface area contributed by atoms with Crippen molar-refractivity contribution in [1.29, 1.82) is 0 Å². The number of Topliss-reactive ketones (excluding diaryl/α,β-unsaturated/α-hetero) is 1. The van der Waals surface area contributed by atoms with E-state index < -0.39 is 0 Å². The lowest BCUT2D eigenvalue weighted by molar-refractivity contribution is 0.0692. The molecule has 1 atom stereocenters. The SMILES string of the molecule is CCCCCCCCCCCCN(CC(CCCCCCCCCn1c(=O)c2c(ncn2C)n(C)c1=O)C(=O)c1ccccc1)C(=O)c1ccccc1. The monoisotopic (exact) mass is 725 g/mol. The van der Waals surface area contributed by atoms with E-state index in [2.05, 4.69) is 11.9 Å². The average Bonchev–Trinajstić information content (AvgIpc) is 3.58. The molecule has 53 heavy (non-hydrogen) atoms. The highest BCUT2D eigenvalue weighted by molar-refractivity contribution is 5.99. The van der Waals surface area contributed by atoms with Gasteiger partial charge in [0.05, 0.1) is 6.33 Å². The molecule has 0 saturated heterocycles. The van der Waals surface area contributed by atoms with Crippen LogP contribution in [0.2, 0.25) is 0 Å². The van der Waals surface area contributed by atoms with Gasteiger partial charge in [0, 0.05) is 50.8 Å². The number of hydrogen-bond acceptors (Lipinski definition) is 5. The first-order chi connectivity index (χ1) is 25.8. The fourth-order valence-corrected chi connectivity index (χ4v) is 7.38. The summed E-state index contributed by atoms with van der Waals surface area (Å²) in [4.78, 5) is 59.6. The molecule has 0 saturated carbocycles. The molecule has 4 rings (SSSR count). The number of carbonyl (C=O) groups excluding carboxylic acids is 2. The van der Waals surface area contributed by atoms with Crippen molar-refractivity contribution in [1.82, 2.24) is 23.6 Å². The van der Waals surface area contributed by atoms with Gasteiger partial charge in [0.1, 0.15) is 0 Å². The Morgan fingerprint density at radius 2 is 1.21 bits per heavy atom. The first kappa shape index (κ1) is 41.5. The summed E-state index contributed by atoms with van der Waals surface area (Å²) in [6.07, 6.45) is 21.4. The number of aromatic nitrogens is 4. The van der Waals surface area contributed by atoms with Crippen LogP contribution >= 0.6 is 0 Å². The van der Waals surface area contributed by atoms with Crippen molar-refractivity contribution in [3.63, 3.8) is 0 Å². The van der Waals surface area contributed by atoms with E-state index in [4.69, 9.17) is 0 Å². The number of rotatable bonds is 26. The Morgan fingerprint density at radius 1 is 0.679 bits per heavy atom. The maximum Gasteiger partial charge on any atom is 0.332 e. The van der Waals surface area contributed by atoms with Crippen LogP contribution in [0.4, 0.5) is 0 Å². The second-order valence-electron chi connectivity index (χ2n) is 14.8. The molecule has 9 nitrogen and oxygen atoms in total. The minimum absolute atomic E-state index is 0.00717. The van der Waals surface area contributed by atoms with Gasteiger partial charge in [0.2, 0.25) is 0 Å². The largest absolute Gasteiger partial charge is 0.338 e. The predicted molar refractivity (Wildman–Crippen MR) is 216 cm³/mol. The summed E-state index contributed by atoms with van der Waals surface area (Å²) in [5, 5.41) is 0. The zero-order valence-electron chi connectivity index (χ0n) is 32.6. The molecule has 0 aliphatic heterocycles. The number of aryl methyl sites for hydroxylation is 2. The summed E-state index contributed by atoms with van der Waals surface area (Å²) in [7, 11) is 3.42. The highest BCUT2D eigenvalue weighted by Gasteiger charge is 2.26. The first-order valence-electron chi connectivity index (χ1n) is 20.4. The van der Waals surface area contributed by atoms with Gasteiger partial charge in [-0.3, -0.25) is 23.5 Å². The van der Waals surface area contributed by atoms with Gasteiger partial charge in [-0.05, 0) is 31.4 Å². The third kappa shape index (κ3) is 12.7. The number of fused-ring (bicyclic) bond motifs is 1. The van der Waals surface area contributed by atoms with Gasteiger partial charge in [0.25, 0.3) is 11.5 Å². The molecule has 0 aliphatic rings. The maximum atomic E-state index is 13.9. The van der Waals surface area contributed by atoms with E-state index in [9.17, 15) is 19.2 Å². The number of benzene rings is 2. The lowest BCUT2D eigenvalue weighted by Gasteiger charge is -2.28. The molecule has 1 unspecified atom stereocenters. The van der Waals surface area contributed by atoms with E-state index in [-0.39, 0.29) is 28.9 Å². The van der Waals surface area contributed by atoms with Crippen molar-refractivity contribution in [2.75, 3.05) is 13.1 Å². The van der Waals surface area contributed by atoms with Gasteiger partial charge in [-0.1, -0.05) is 152 Å². The zero-order valence-corrected chi connectivity index (χ0v) is 32.6. The number of unbranched alkanes of at least 4 members (excludes halogenated alkanes) is 15. The number of amides is 1. The Hall–Kier alpha value is -4.27. The van der Waals surface area contributed by atoms with Gasteiger partial charge in [-0.25, -0.2) is 9.78 Å². The first-order valence-corrected chi connectivity index (χ1v) is 20.4. The van der Waals surface area contributed by atoms with Crippen molar-refractivity contribution in [2.24, 2.45) is 20.0 Å². The van der Waals surface area contributed by atoms with Crippen molar-refractivity contribution >= 4 is 22.9 Å². The van der Waals surface area contributed by atoms with Crippen molar-refractivity contribution in [3.8, 4) is 0 Å². The van der Waals surface area contributed by atoms with E-state index in [0.717, 1.165) is 64.2 Å². The lowest BCUT2D eigenvalue weighted by atomic mass is 9.91. The van der Waals surface area contributed by atoms with E-state index >= 15 is 0 Å². The smallest absolute Gasteiger partial charge is 0.332 e. The van der Waals surface area contributed by atoms with Gasteiger partial charge < -0.3 is 9.47 Å². The molecule has 1 amide bonds. The summed E-state index contributed by atoms with van der Waals surface area (Å²) in [5.74, 6) is -0.135. The Balaban J connectivity index is 1.26. The van der Waals surface area contributed by atoms with Crippen LogP contribution in [0, 0.1) is 5.92 Å². The second-order valence-corrected chi connectivity index (χ2v) is 14.8. The summed E-state index contributed by atoms with van der Waals surface area (Å²) < 4.78 is 4.44. The maximum absolute atomic E-state index is 13.9. The topological polar surface area (TPSA) is 99.2 Å². The Kier molecular flexibility index (Phi) is 17.8. The molecule has 0 radical (unpaired) electrons. The molecule has 0 spiro atoms. The molecular formula is C44H63N5O4. The van der Waals surface area contributed by atoms with Gasteiger partial charge >= 0.3 is 5.69 Å². The van der Waals surface area contributed by atoms with Crippen LogP contribution in [0.25, 0.3) is 11.2 Å². The molecule has 2 aromatic heterocycles. The molecule has 2 heterocycles. The normalized spacial score (nSPS) is 12.0. The summed E-state index contributed by atoms with van der Waals surface area (Å²) >= 11 is 0. The Bertz CT molecular complexity index is 1790. The van der Waals surface area contributed by atoms with E-state index in [1.165, 1.54) is 60.5 Å². The van der Waals surface area contributed by atoms with E-state index in [0.29, 0.717) is 41.9 Å². The van der Waals surface area contributed by atoms with Gasteiger partial charge in [0.15, 0.2) is 16.9 Å². The predicted octanol–water partition coefficient (Wildman–Crippen LogP) is 9.12. The molecule has 2 aromatic carbocycles. The zero-order chi connectivity index (χ0) is 37.8. The van der Waals surface area contributed by atoms with Crippen molar-refractivity contribution < 1.29 is 9.59 Å². The number of nitrogens with zero attached hydrogens (tertiary/aromatic N) is 5. The fourth-order valence-electron chi connectivity index (χ4n) is 7.38. The number of hydrogen-bond donors (Lipinski definition) is 0. The molecule has 0 N–H and O–H groups in total. The number of imidazole rings is 1. The number of ketones is 1.